The molecule has 0 aromatic carbocycles. The molecule has 1 aliphatic carbocycles. The van der Waals surface area contributed by atoms with Crippen LogP contribution in [0.2, 0.25) is 0 Å². The molecule has 0 aliphatic heterocycles. The van der Waals surface area contributed by atoms with Crippen LogP contribution in [0.25, 0.3) is 0 Å². The molecule has 1 N–H and O–H groups in total. The maximum absolute atomic E-state index is 5.41. The largest absolute Gasteiger partial charge is 0.381 e. The summed E-state index contributed by atoms with van der Waals surface area (Å²) in [6.07, 6.45) is 3.13. The zero-order valence-electron chi connectivity index (χ0n) is 10.3. The molecule has 1 fully saturated rings. The van der Waals surface area contributed by atoms with Gasteiger partial charge in [0.25, 0.3) is 0 Å². The molecule has 4 heteroatoms. The fourth-order valence-electron chi connectivity index (χ4n) is 2.20. The number of methoxy groups -OCH3 is 1. The summed E-state index contributed by atoms with van der Waals surface area (Å²) < 4.78 is 5.41. The molecule has 1 aromatic heterocycles. The second kappa shape index (κ2) is 4.01. The first-order chi connectivity index (χ1) is 7.54. The van der Waals surface area contributed by atoms with E-state index in [1.165, 1.54) is 0 Å². The van der Waals surface area contributed by atoms with Crippen LogP contribution in [0.3, 0.4) is 0 Å². The molecule has 0 radical (unpaired) electrons. The van der Waals surface area contributed by atoms with Gasteiger partial charge in [0.2, 0.25) is 5.95 Å². The molecule has 1 aliphatic rings. The average molecular weight is 221 g/mol. The van der Waals surface area contributed by atoms with Gasteiger partial charge in [-0.3, -0.25) is 0 Å². The number of hydrogen-bond donors (Lipinski definition) is 1. The van der Waals surface area contributed by atoms with E-state index in [2.05, 4.69) is 29.1 Å². The number of ether oxygens (including phenoxy) is 1. The SMILES string of the molecule is COC1CC(Nc2nccc(C)n2)C1(C)C. The smallest absolute Gasteiger partial charge is 0.223 e. The maximum atomic E-state index is 5.41. The van der Waals surface area contributed by atoms with Crippen molar-refractivity contribution in [3.8, 4) is 0 Å². The zero-order chi connectivity index (χ0) is 11.8. The number of rotatable bonds is 3. The molecule has 2 atom stereocenters. The Morgan fingerprint density at radius 1 is 1.50 bits per heavy atom. The molecular formula is C12H19N3O. The van der Waals surface area contributed by atoms with Gasteiger partial charge in [0.05, 0.1) is 6.10 Å². The van der Waals surface area contributed by atoms with Crippen LogP contribution in [-0.4, -0.2) is 29.2 Å². The van der Waals surface area contributed by atoms with Gasteiger partial charge in [-0.1, -0.05) is 13.8 Å². The van der Waals surface area contributed by atoms with Gasteiger partial charge in [-0.2, -0.15) is 0 Å². The minimum Gasteiger partial charge on any atom is -0.381 e. The second-order valence-electron chi connectivity index (χ2n) is 5.00. The molecule has 1 saturated carbocycles. The Kier molecular flexibility index (Phi) is 2.84. The third-order valence-electron chi connectivity index (χ3n) is 3.56. The van der Waals surface area contributed by atoms with E-state index in [0.717, 1.165) is 12.1 Å². The standard InChI is InChI=1S/C12H19N3O/c1-8-5-6-13-11(14-8)15-9-7-10(16-4)12(9,2)3/h5-6,9-10H,7H2,1-4H3,(H,13,14,15). The molecule has 16 heavy (non-hydrogen) atoms. The molecule has 88 valence electrons. The Labute approximate surface area is 96.4 Å². The van der Waals surface area contributed by atoms with E-state index in [1.807, 2.05) is 13.0 Å². The van der Waals surface area contributed by atoms with Gasteiger partial charge in [0.1, 0.15) is 0 Å². The molecule has 0 bridgehead atoms. The summed E-state index contributed by atoms with van der Waals surface area (Å²) in [6.45, 7) is 6.38. The van der Waals surface area contributed by atoms with E-state index in [1.54, 1.807) is 13.3 Å². The first kappa shape index (κ1) is 11.3. The van der Waals surface area contributed by atoms with Crippen LogP contribution in [0.5, 0.6) is 0 Å². The van der Waals surface area contributed by atoms with Gasteiger partial charge in [0.15, 0.2) is 0 Å². The lowest BCUT2D eigenvalue weighted by Gasteiger charge is -2.51. The summed E-state index contributed by atoms with van der Waals surface area (Å²) in [5, 5.41) is 3.37. The lowest BCUT2D eigenvalue weighted by Crippen LogP contribution is -2.57. The van der Waals surface area contributed by atoms with Crippen LogP contribution < -0.4 is 5.32 Å². The van der Waals surface area contributed by atoms with Gasteiger partial charge in [-0.05, 0) is 19.4 Å². The van der Waals surface area contributed by atoms with Crippen LogP contribution in [-0.2, 0) is 4.74 Å². The number of anilines is 1. The summed E-state index contributed by atoms with van der Waals surface area (Å²) in [4.78, 5) is 8.56. The van der Waals surface area contributed by atoms with Crippen LogP contribution in [0.15, 0.2) is 12.3 Å². The number of aryl methyl sites for hydroxylation is 1. The number of nitrogens with zero attached hydrogens (tertiary/aromatic N) is 2. The molecule has 1 aromatic rings. The third-order valence-corrected chi connectivity index (χ3v) is 3.56. The van der Waals surface area contributed by atoms with Crippen LogP contribution in [0.1, 0.15) is 26.0 Å². The van der Waals surface area contributed by atoms with Gasteiger partial charge in [-0.15, -0.1) is 0 Å². The summed E-state index contributed by atoms with van der Waals surface area (Å²) in [6, 6.07) is 2.29. The number of hydrogen-bond acceptors (Lipinski definition) is 4. The Balaban J connectivity index is 2.02. The Hall–Kier alpha value is -1.16. The van der Waals surface area contributed by atoms with E-state index in [9.17, 15) is 0 Å². The maximum Gasteiger partial charge on any atom is 0.223 e. The monoisotopic (exact) mass is 221 g/mol. The van der Waals surface area contributed by atoms with E-state index >= 15 is 0 Å². The lowest BCUT2D eigenvalue weighted by molar-refractivity contribution is -0.0796. The summed E-state index contributed by atoms with van der Waals surface area (Å²) in [5.74, 6) is 0.715. The van der Waals surface area contributed by atoms with E-state index in [4.69, 9.17) is 4.74 Å². The van der Waals surface area contributed by atoms with Gasteiger partial charge in [-0.25, -0.2) is 9.97 Å². The zero-order valence-corrected chi connectivity index (χ0v) is 10.3. The van der Waals surface area contributed by atoms with Crippen molar-refractivity contribution in [3.05, 3.63) is 18.0 Å². The predicted molar refractivity (Wildman–Crippen MR) is 63.4 cm³/mol. The Bertz CT molecular complexity index is 378. The first-order valence-electron chi connectivity index (χ1n) is 5.63. The van der Waals surface area contributed by atoms with E-state index in [0.29, 0.717) is 18.1 Å². The van der Waals surface area contributed by atoms with Gasteiger partial charge in [0, 0.05) is 30.5 Å². The van der Waals surface area contributed by atoms with Crippen molar-refractivity contribution in [2.45, 2.75) is 39.3 Å². The molecule has 2 rings (SSSR count). The topological polar surface area (TPSA) is 47.0 Å². The minimum absolute atomic E-state index is 0.141. The fourth-order valence-corrected chi connectivity index (χ4v) is 2.20. The predicted octanol–water partition coefficient (Wildman–Crippen LogP) is 2.01. The van der Waals surface area contributed by atoms with E-state index < -0.39 is 0 Å². The van der Waals surface area contributed by atoms with Crippen molar-refractivity contribution >= 4 is 5.95 Å². The van der Waals surface area contributed by atoms with Crippen molar-refractivity contribution < 1.29 is 4.74 Å². The molecule has 0 spiro atoms. The molecule has 0 saturated heterocycles. The fraction of sp³-hybridized carbons (Fsp3) is 0.667. The average Bonchev–Trinajstić information content (AvgIpc) is 2.23. The number of aromatic nitrogens is 2. The Morgan fingerprint density at radius 3 is 2.81 bits per heavy atom. The lowest BCUT2D eigenvalue weighted by atomic mass is 9.64. The normalized spacial score (nSPS) is 27.2. The minimum atomic E-state index is 0.141. The van der Waals surface area contributed by atoms with E-state index in [-0.39, 0.29) is 5.41 Å². The van der Waals surface area contributed by atoms with Crippen LogP contribution in [0.4, 0.5) is 5.95 Å². The number of nitrogens with one attached hydrogen (secondary N) is 1. The molecule has 0 amide bonds. The van der Waals surface area contributed by atoms with Crippen molar-refractivity contribution in [3.63, 3.8) is 0 Å². The molecule has 4 nitrogen and oxygen atoms in total. The third kappa shape index (κ3) is 1.89. The highest BCUT2D eigenvalue weighted by atomic mass is 16.5. The quantitative estimate of drug-likeness (QED) is 0.848. The van der Waals surface area contributed by atoms with Crippen molar-refractivity contribution in [2.24, 2.45) is 5.41 Å². The van der Waals surface area contributed by atoms with Crippen molar-refractivity contribution in [1.82, 2.24) is 9.97 Å². The van der Waals surface area contributed by atoms with Crippen molar-refractivity contribution in [1.29, 1.82) is 0 Å². The second-order valence-corrected chi connectivity index (χ2v) is 5.00. The highest BCUT2D eigenvalue weighted by molar-refractivity contribution is 5.30. The first-order valence-corrected chi connectivity index (χ1v) is 5.63. The summed E-state index contributed by atoms with van der Waals surface area (Å²) in [5.41, 5.74) is 1.12. The molecular weight excluding hydrogens is 202 g/mol. The Morgan fingerprint density at radius 2 is 2.25 bits per heavy atom. The highest BCUT2D eigenvalue weighted by Crippen LogP contribution is 2.43. The highest BCUT2D eigenvalue weighted by Gasteiger charge is 2.48. The van der Waals surface area contributed by atoms with Crippen LogP contribution >= 0.6 is 0 Å². The molecule has 2 unspecified atom stereocenters. The van der Waals surface area contributed by atoms with Crippen molar-refractivity contribution in [2.75, 3.05) is 12.4 Å². The summed E-state index contributed by atoms with van der Waals surface area (Å²) in [7, 11) is 1.77. The summed E-state index contributed by atoms with van der Waals surface area (Å²) >= 11 is 0. The van der Waals surface area contributed by atoms with Gasteiger partial charge >= 0.3 is 0 Å². The van der Waals surface area contributed by atoms with Gasteiger partial charge < -0.3 is 10.1 Å². The van der Waals surface area contributed by atoms with Crippen LogP contribution in [0, 0.1) is 12.3 Å². The molecule has 1 heterocycles.